The number of halogens is 4. The molecule has 0 aliphatic carbocycles. The van der Waals surface area contributed by atoms with Crippen molar-refractivity contribution in [2.45, 2.75) is 38.3 Å². The first-order valence-corrected chi connectivity index (χ1v) is 10.6. The number of rotatable bonds is 8. The summed E-state index contributed by atoms with van der Waals surface area (Å²) in [5, 5.41) is 0. The summed E-state index contributed by atoms with van der Waals surface area (Å²) in [7, 11) is 0. The number of aryl methyl sites for hydroxylation is 1. The number of hydrogen-bond acceptors (Lipinski definition) is 0. The zero-order chi connectivity index (χ0) is 23.0. The Labute approximate surface area is 186 Å². The van der Waals surface area contributed by atoms with Gasteiger partial charge in [-0.15, -0.1) is 0 Å². The van der Waals surface area contributed by atoms with Crippen molar-refractivity contribution in [2.24, 2.45) is 0 Å². The van der Waals surface area contributed by atoms with Crippen LogP contribution in [-0.4, -0.2) is 6.18 Å². The molecule has 1 atom stereocenters. The quantitative estimate of drug-likeness (QED) is 0.188. The number of allylic oxidation sites excluding steroid dienone is 2. The zero-order valence-corrected chi connectivity index (χ0v) is 17.9. The highest BCUT2D eigenvalue weighted by molar-refractivity contribution is 5.70. The molecular formula is C28H26F4. The first-order valence-electron chi connectivity index (χ1n) is 10.6. The fourth-order valence-electron chi connectivity index (χ4n) is 3.57. The molecule has 0 radical (unpaired) electrons. The lowest BCUT2D eigenvalue weighted by Crippen LogP contribution is -2.23. The minimum Gasteiger partial charge on any atom is -0.206 e. The minimum atomic E-state index is -4.41. The zero-order valence-electron chi connectivity index (χ0n) is 17.9. The SMILES string of the molecule is C/C=C/CCc1ccc(C=Cc2ccc(C[C@H](c3ccccc3)C(F)(F)F)cc2F)cc1. The van der Waals surface area contributed by atoms with Crippen molar-refractivity contribution in [1.29, 1.82) is 0 Å². The number of alkyl halides is 3. The molecule has 3 rings (SSSR count). The van der Waals surface area contributed by atoms with Crippen LogP contribution in [0.15, 0.2) is 84.9 Å². The van der Waals surface area contributed by atoms with Gasteiger partial charge in [-0.05, 0) is 54.5 Å². The molecule has 0 aliphatic rings. The average molecular weight is 439 g/mol. The van der Waals surface area contributed by atoms with E-state index in [2.05, 4.69) is 6.08 Å². The summed E-state index contributed by atoms with van der Waals surface area (Å²) >= 11 is 0. The molecule has 0 saturated heterocycles. The summed E-state index contributed by atoms with van der Waals surface area (Å²) < 4.78 is 55.4. The van der Waals surface area contributed by atoms with Crippen LogP contribution in [-0.2, 0) is 12.8 Å². The van der Waals surface area contributed by atoms with Gasteiger partial charge in [-0.25, -0.2) is 4.39 Å². The monoisotopic (exact) mass is 438 g/mol. The Hall–Kier alpha value is -3.14. The van der Waals surface area contributed by atoms with Crippen LogP contribution in [0.3, 0.4) is 0 Å². The van der Waals surface area contributed by atoms with Crippen LogP contribution in [0.2, 0.25) is 0 Å². The molecule has 0 fully saturated rings. The molecule has 3 aromatic carbocycles. The topological polar surface area (TPSA) is 0 Å². The maximum Gasteiger partial charge on any atom is 0.396 e. The first kappa shape index (κ1) is 23.5. The molecule has 0 aromatic heterocycles. The highest BCUT2D eigenvalue weighted by Crippen LogP contribution is 2.37. The lowest BCUT2D eigenvalue weighted by atomic mass is 9.91. The third-order valence-corrected chi connectivity index (χ3v) is 5.37. The first-order chi connectivity index (χ1) is 15.4. The van der Waals surface area contributed by atoms with Crippen molar-refractivity contribution in [3.8, 4) is 0 Å². The van der Waals surface area contributed by atoms with E-state index in [9.17, 15) is 17.6 Å². The van der Waals surface area contributed by atoms with Crippen LogP contribution in [0.5, 0.6) is 0 Å². The molecule has 0 spiro atoms. The second-order valence-electron chi connectivity index (χ2n) is 7.75. The molecule has 0 aliphatic heterocycles. The number of hydrogen-bond donors (Lipinski definition) is 0. The van der Waals surface area contributed by atoms with Crippen molar-refractivity contribution < 1.29 is 17.6 Å². The van der Waals surface area contributed by atoms with Crippen LogP contribution >= 0.6 is 0 Å². The van der Waals surface area contributed by atoms with E-state index in [0.717, 1.165) is 18.4 Å². The van der Waals surface area contributed by atoms with E-state index in [1.165, 1.54) is 29.8 Å². The largest absolute Gasteiger partial charge is 0.396 e. The predicted octanol–water partition coefficient (Wildman–Crippen LogP) is 8.39. The molecule has 0 nitrogen and oxygen atoms in total. The van der Waals surface area contributed by atoms with Crippen molar-refractivity contribution in [1.82, 2.24) is 0 Å². The second kappa shape index (κ2) is 10.9. The standard InChI is InChI=1S/C28H26F4/c1-2-3-5-8-21-11-13-22(14-12-21)15-17-25-18-16-23(20-27(25)29)19-26(28(30,31)32)24-9-6-4-7-10-24/h2-4,6-7,9-18,20,26H,5,8,19H2,1H3/b3-2+,17-15?/t26-/m1/s1. The van der Waals surface area contributed by atoms with Crippen molar-refractivity contribution in [3.63, 3.8) is 0 Å². The second-order valence-corrected chi connectivity index (χ2v) is 7.75. The molecular weight excluding hydrogens is 412 g/mol. The van der Waals surface area contributed by atoms with Gasteiger partial charge in [0, 0.05) is 5.56 Å². The summed E-state index contributed by atoms with van der Waals surface area (Å²) in [6.07, 6.45) is 4.84. The van der Waals surface area contributed by atoms with Crippen molar-refractivity contribution in [3.05, 3.63) is 119 Å². The van der Waals surface area contributed by atoms with Gasteiger partial charge in [0.2, 0.25) is 0 Å². The molecule has 32 heavy (non-hydrogen) atoms. The molecule has 0 N–H and O–H groups in total. The highest BCUT2D eigenvalue weighted by Gasteiger charge is 2.40. The highest BCUT2D eigenvalue weighted by atomic mass is 19.4. The summed E-state index contributed by atoms with van der Waals surface area (Å²) in [5.74, 6) is -2.20. The molecule has 0 unspecified atom stereocenters. The smallest absolute Gasteiger partial charge is 0.206 e. The lowest BCUT2D eigenvalue weighted by Gasteiger charge is -2.21. The molecule has 3 aromatic rings. The van der Waals surface area contributed by atoms with Gasteiger partial charge in [0.05, 0.1) is 5.92 Å². The van der Waals surface area contributed by atoms with E-state index in [0.29, 0.717) is 11.1 Å². The molecule has 0 amide bonds. The Morgan fingerprint density at radius 1 is 0.844 bits per heavy atom. The minimum absolute atomic E-state index is 0.179. The summed E-state index contributed by atoms with van der Waals surface area (Å²) in [6, 6.07) is 20.1. The van der Waals surface area contributed by atoms with Crippen LogP contribution in [0.25, 0.3) is 12.2 Å². The molecule has 0 saturated carbocycles. The van der Waals surface area contributed by atoms with Gasteiger partial charge >= 0.3 is 6.18 Å². The maximum atomic E-state index is 14.6. The van der Waals surface area contributed by atoms with Crippen LogP contribution < -0.4 is 0 Å². The Morgan fingerprint density at radius 2 is 1.53 bits per heavy atom. The molecule has 166 valence electrons. The van der Waals surface area contributed by atoms with Crippen molar-refractivity contribution in [2.75, 3.05) is 0 Å². The molecule has 0 bridgehead atoms. The number of benzene rings is 3. The van der Waals surface area contributed by atoms with E-state index < -0.39 is 17.9 Å². The Morgan fingerprint density at radius 3 is 2.16 bits per heavy atom. The summed E-state index contributed by atoms with van der Waals surface area (Å²) in [6.45, 7) is 2.00. The van der Waals surface area contributed by atoms with Gasteiger partial charge in [0.15, 0.2) is 0 Å². The molecule has 4 heteroatoms. The lowest BCUT2D eigenvalue weighted by molar-refractivity contribution is -0.150. The fraction of sp³-hybridized carbons (Fsp3) is 0.214. The van der Waals surface area contributed by atoms with Gasteiger partial charge in [-0.2, -0.15) is 13.2 Å². The average Bonchev–Trinajstić information content (AvgIpc) is 2.78. The summed E-state index contributed by atoms with van der Waals surface area (Å²) in [4.78, 5) is 0. The van der Waals surface area contributed by atoms with Crippen molar-refractivity contribution >= 4 is 12.2 Å². The van der Waals surface area contributed by atoms with Gasteiger partial charge in [0.25, 0.3) is 0 Å². The van der Waals surface area contributed by atoms with Crippen LogP contribution in [0, 0.1) is 5.82 Å². The normalized spacial score (nSPS) is 13.2. The van der Waals surface area contributed by atoms with E-state index in [1.54, 1.807) is 36.4 Å². The van der Waals surface area contributed by atoms with E-state index >= 15 is 0 Å². The van der Waals surface area contributed by atoms with Crippen LogP contribution in [0.1, 0.15) is 47.1 Å². The van der Waals surface area contributed by atoms with E-state index in [-0.39, 0.29) is 12.0 Å². The Balaban J connectivity index is 1.70. The Kier molecular flexibility index (Phi) is 8.04. The van der Waals surface area contributed by atoms with Gasteiger partial charge in [0.1, 0.15) is 5.82 Å². The van der Waals surface area contributed by atoms with Crippen LogP contribution in [0.4, 0.5) is 17.6 Å². The third kappa shape index (κ3) is 6.68. The maximum absolute atomic E-state index is 14.6. The van der Waals surface area contributed by atoms with E-state index in [4.69, 9.17) is 0 Å². The third-order valence-electron chi connectivity index (χ3n) is 5.37. The van der Waals surface area contributed by atoms with Gasteiger partial charge < -0.3 is 0 Å². The summed E-state index contributed by atoms with van der Waals surface area (Å²) in [5.41, 5.74) is 3.00. The van der Waals surface area contributed by atoms with Gasteiger partial charge in [-0.3, -0.25) is 0 Å². The predicted molar refractivity (Wildman–Crippen MR) is 124 cm³/mol. The fourth-order valence-corrected chi connectivity index (χ4v) is 3.57. The molecule has 0 heterocycles. The van der Waals surface area contributed by atoms with E-state index in [1.807, 2.05) is 37.3 Å². The van der Waals surface area contributed by atoms with Gasteiger partial charge in [-0.1, -0.05) is 91.0 Å². The Bertz CT molecular complexity index is 1050.